The fraction of sp³-hybridized carbons (Fsp3) is 0. The van der Waals surface area contributed by atoms with Gasteiger partial charge in [-0.15, -0.1) is 0 Å². The second-order valence-electron chi connectivity index (χ2n) is 20.7. The highest BCUT2D eigenvalue weighted by Gasteiger charge is 2.41. The Bertz CT molecular complexity index is 4620. The maximum atomic E-state index is 2.52. The SMILES string of the molecule is c1ccc(C2=C3C(=C(c4cccc(-c5ccc6ccccc6c5)c4)c4cc(-c5ccccc5)c(-c5ccccc5)cc43)C(c3cccc(-c4ccc5ccccc5c4)c3)=C2c2cccc(-c3ccc4ccccc4c3)c2)cc1. The molecule has 78 heavy (non-hydrogen) atoms. The van der Waals surface area contributed by atoms with Crippen molar-refractivity contribution in [2.24, 2.45) is 0 Å². The highest BCUT2D eigenvalue weighted by Crippen LogP contribution is 2.63. The van der Waals surface area contributed by atoms with Crippen molar-refractivity contribution < 1.29 is 0 Å². The topological polar surface area (TPSA) is 0 Å². The Balaban J connectivity index is 1.07. The van der Waals surface area contributed by atoms with Gasteiger partial charge in [0.15, 0.2) is 0 Å². The summed E-state index contributed by atoms with van der Waals surface area (Å²) in [5.41, 5.74) is 26.5. The highest BCUT2D eigenvalue weighted by atomic mass is 14.4. The van der Waals surface area contributed by atoms with E-state index in [0.717, 1.165) is 0 Å². The molecule has 0 unspecified atom stereocenters. The first-order valence-electron chi connectivity index (χ1n) is 27.0. The fourth-order valence-electron chi connectivity index (χ4n) is 12.4. The molecule has 362 valence electrons. The van der Waals surface area contributed by atoms with Crippen LogP contribution in [0.5, 0.6) is 0 Å². The van der Waals surface area contributed by atoms with Gasteiger partial charge in [0.1, 0.15) is 0 Å². The van der Waals surface area contributed by atoms with E-state index in [2.05, 4.69) is 303 Å². The van der Waals surface area contributed by atoms with Gasteiger partial charge in [0.05, 0.1) is 0 Å². The van der Waals surface area contributed by atoms with Crippen molar-refractivity contribution in [3.63, 3.8) is 0 Å². The molecule has 0 radical (unpaired) electrons. The lowest BCUT2D eigenvalue weighted by molar-refractivity contribution is 1.51. The van der Waals surface area contributed by atoms with E-state index in [1.165, 1.54) is 155 Å². The molecule has 0 N–H and O–H groups in total. The minimum atomic E-state index is 1.17. The van der Waals surface area contributed by atoms with E-state index in [9.17, 15) is 0 Å². The lowest BCUT2D eigenvalue weighted by atomic mass is 9.83. The summed E-state index contributed by atoms with van der Waals surface area (Å²) in [6.45, 7) is 0. The molecule has 0 heteroatoms. The summed E-state index contributed by atoms with van der Waals surface area (Å²) in [5.74, 6) is 0. The predicted octanol–water partition coefficient (Wildman–Crippen LogP) is 20.8. The Morgan fingerprint density at radius 3 is 0.808 bits per heavy atom. The largest absolute Gasteiger partial charge is 0.0622 e. The van der Waals surface area contributed by atoms with Gasteiger partial charge in [-0.1, -0.05) is 255 Å². The van der Waals surface area contributed by atoms with E-state index in [1.807, 2.05) is 0 Å². The molecule has 0 bridgehead atoms. The average Bonchev–Trinajstić information content (AvgIpc) is 3.73. The summed E-state index contributed by atoms with van der Waals surface area (Å²) in [4.78, 5) is 0. The Morgan fingerprint density at radius 1 is 0.115 bits per heavy atom. The maximum Gasteiger partial charge on any atom is -0.000137 e. The molecule has 0 spiro atoms. The molecule has 2 aliphatic carbocycles. The van der Waals surface area contributed by atoms with Crippen LogP contribution in [0.2, 0.25) is 0 Å². The molecule has 13 aromatic rings. The lowest BCUT2D eigenvalue weighted by Crippen LogP contribution is -1.98. The summed E-state index contributed by atoms with van der Waals surface area (Å²) in [7, 11) is 0. The van der Waals surface area contributed by atoms with Crippen LogP contribution in [0.1, 0.15) is 33.4 Å². The van der Waals surface area contributed by atoms with Crippen LogP contribution in [0, 0.1) is 0 Å². The zero-order valence-electron chi connectivity index (χ0n) is 42.9. The molecule has 2 aliphatic rings. The zero-order chi connectivity index (χ0) is 51.5. The second-order valence-corrected chi connectivity index (χ2v) is 20.7. The second kappa shape index (κ2) is 18.9. The molecular weight excluding hydrogens is 937 g/mol. The van der Waals surface area contributed by atoms with Crippen LogP contribution >= 0.6 is 0 Å². The molecule has 15 rings (SSSR count). The van der Waals surface area contributed by atoms with Gasteiger partial charge >= 0.3 is 0 Å². The molecule has 0 amide bonds. The van der Waals surface area contributed by atoms with E-state index < -0.39 is 0 Å². The van der Waals surface area contributed by atoms with E-state index >= 15 is 0 Å². The highest BCUT2D eigenvalue weighted by molar-refractivity contribution is 6.39. The number of fused-ring (bicyclic) bond motifs is 6. The van der Waals surface area contributed by atoms with Crippen molar-refractivity contribution in [3.05, 3.63) is 342 Å². The van der Waals surface area contributed by atoms with Crippen LogP contribution in [0.15, 0.2) is 309 Å². The quantitative estimate of drug-likeness (QED) is 0.135. The van der Waals surface area contributed by atoms with Gasteiger partial charge in [0.25, 0.3) is 0 Å². The maximum absolute atomic E-state index is 2.52. The standard InChI is InChI=1S/C78H50/c1-4-22-54(23-5-1)69-49-71-72(50-70(69)55-24-6-2-7-25-55)77-74(56-26-8-3-9-27-56)75(67-35-17-32-61(47-67)64-41-38-52-20-11-14-29-58(52)44-64)76(68-36-18-33-62(48-68)65-42-39-53-21-12-15-30-59(53)45-65)78(77)73(71)66-34-16-31-60(46-66)63-40-37-51-19-10-13-28-57(51)43-63/h1-50H. The normalized spacial score (nSPS) is 13.0. The van der Waals surface area contributed by atoms with Crippen molar-refractivity contribution >= 4 is 60.2 Å². The van der Waals surface area contributed by atoms with Gasteiger partial charge in [-0.05, 0) is 203 Å². The van der Waals surface area contributed by atoms with Gasteiger partial charge in [-0.2, -0.15) is 0 Å². The Hall–Kier alpha value is -10.1. The smallest absolute Gasteiger partial charge is 0.000137 e. The van der Waals surface area contributed by atoms with Crippen molar-refractivity contribution in [2.45, 2.75) is 0 Å². The molecular formula is C78H50. The van der Waals surface area contributed by atoms with Crippen LogP contribution in [-0.4, -0.2) is 0 Å². The summed E-state index contributed by atoms with van der Waals surface area (Å²) in [5, 5.41) is 7.40. The van der Waals surface area contributed by atoms with Crippen molar-refractivity contribution in [2.75, 3.05) is 0 Å². The summed E-state index contributed by atoms with van der Waals surface area (Å²) < 4.78 is 0. The monoisotopic (exact) mass is 986 g/mol. The van der Waals surface area contributed by atoms with Gasteiger partial charge in [0.2, 0.25) is 0 Å². The number of hydrogen-bond acceptors (Lipinski definition) is 0. The number of allylic oxidation sites excluding steroid dienone is 5. The molecule has 0 aromatic heterocycles. The van der Waals surface area contributed by atoms with E-state index in [4.69, 9.17) is 0 Å². The third-order valence-corrected chi connectivity index (χ3v) is 16.1. The first kappa shape index (κ1) is 45.3. The van der Waals surface area contributed by atoms with Gasteiger partial charge in [0, 0.05) is 0 Å². The average molecular weight is 987 g/mol. The molecule has 0 saturated heterocycles. The van der Waals surface area contributed by atoms with Crippen molar-refractivity contribution in [3.8, 4) is 55.6 Å². The lowest BCUT2D eigenvalue weighted by Gasteiger charge is -2.20. The van der Waals surface area contributed by atoms with Crippen LogP contribution < -0.4 is 0 Å². The Morgan fingerprint density at radius 2 is 0.397 bits per heavy atom. The van der Waals surface area contributed by atoms with Crippen molar-refractivity contribution in [1.29, 1.82) is 0 Å². The third-order valence-electron chi connectivity index (χ3n) is 16.1. The first-order chi connectivity index (χ1) is 38.7. The zero-order valence-corrected chi connectivity index (χ0v) is 42.9. The molecule has 0 aliphatic heterocycles. The predicted molar refractivity (Wildman–Crippen MR) is 332 cm³/mol. The molecule has 0 atom stereocenters. The fourth-order valence-corrected chi connectivity index (χ4v) is 12.4. The van der Waals surface area contributed by atoms with Crippen LogP contribution in [0.3, 0.4) is 0 Å². The molecule has 0 heterocycles. The van der Waals surface area contributed by atoms with Gasteiger partial charge < -0.3 is 0 Å². The van der Waals surface area contributed by atoms with Crippen LogP contribution in [0.4, 0.5) is 0 Å². The summed E-state index contributed by atoms with van der Waals surface area (Å²) in [6, 6.07) is 113. The van der Waals surface area contributed by atoms with Gasteiger partial charge in [-0.3, -0.25) is 0 Å². The van der Waals surface area contributed by atoms with E-state index in [1.54, 1.807) is 0 Å². The summed E-state index contributed by atoms with van der Waals surface area (Å²) >= 11 is 0. The summed E-state index contributed by atoms with van der Waals surface area (Å²) in [6.07, 6.45) is 0. The van der Waals surface area contributed by atoms with Crippen molar-refractivity contribution in [1.82, 2.24) is 0 Å². The minimum Gasteiger partial charge on any atom is -0.0622 e. The number of hydrogen-bond donors (Lipinski definition) is 0. The third kappa shape index (κ3) is 7.85. The van der Waals surface area contributed by atoms with Crippen LogP contribution in [-0.2, 0) is 0 Å². The Kier molecular flexibility index (Phi) is 11.0. The first-order valence-corrected chi connectivity index (χ1v) is 27.0. The van der Waals surface area contributed by atoms with Crippen LogP contribution in [0.25, 0.3) is 116 Å². The number of benzene rings is 13. The minimum absolute atomic E-state index is 1.17. The molecule has 13 aromatic carbocycles. The van der Waals surface area contributed by atoms with Gasteiger partial charge in [-0.25, -0.2) is 0 Å². The Labute approximate surface area is 455 Å². The molecule has 0 nitrogen and oxygen atoms in total. The molecule has 0 saturated carbocycles. The van der Waals surface area contributed by atoms with E-state index in [-0.39, 0.29) is 0 Å². The van der Waals surface area contributed by atoms with E-state index in [0.29, 0.717) is 0 Å². The molecule has 0 fully saturated rings. The number of rotatable bonds is 9.